The van der Waals surface area contributed by atoms with Gasteiger partial charge in [-0.2, -0.15) is 0 Å². The van der Waals surface area contributed by atoms with Gasteiger partial charge in [-0.1, -0.05) is 0 Å². The van der Waals surface area contributed by atoms with Crippen molar-refractivity contribution in [3.05, 3.63) is 57.4 Å². The Hall–Kier alpha value is -2.87. The van der Waals surface area contributed by atoms with E-state index in [1.54, 1.807) is 6.07 Å². The number of fused-ring (bicyclic) bond motifs is 1. The molecule has 2 aromatic carbocycles. The van der Waals surface area contributed by atoms with E-state index in [4.69, 9.17) is 18.9 Å². The van der Waals surface area contributed by atoms with E-state index >= 15 is 0 Å². The van der Waals surface area contributed by atoms with Crippen LogP contribution in [0.15, 0.2) is 30.3 Å². The van der Waals surface area contributed by atoms with Crippen molar-refractivity contribution in [2.24, 2.45) is 0 Å². The predicted octanol–water partition coefficient (Wildman–Crippen LogP) is 3.19. The molecular weight excluding hydrogens is 321 g/mol. The van der Waals surface area contributed by atoms with Crippen molar-refractivity contribution in [2.75, 3.05) is 13.9 Å². The summed E-state index contributed by atoms with van der Waals surface area (Å²) in [5.74, 6) is 0.438. The van der Waals surface area contributed by atoms with Gasteiger partial charge in [0.05, 0.1) is 24.7 Å². The molecule has 0 saturated heterocycles. The Labute approximate surface area is 136 Å². The van der Waals surface area contributed by atoms with Gasteiger partial charge in [0, 0.05) is 11.1 Å². The minimum atomic E-state index is -0.566. The number of hydrogen-bond acceptors (Lipinski definition) is 6. The molecule has 8 heteroatoms. The van der Waals surface area contributed by atoms with Crippen molar-refractivity contribution in [3.63, 3.8) is 0 Å². The molecule has 0 aromatic heterocycles. The van der Waals surface area contributed by atoms with Gasteiger partial charge < -0.3 is 18.9 Å². The first kappa shape index (κ1) is 16.0. The fourth-order valence-corrected chi connectivity index (χ4v) is 2.41. The van der Waals surface area contributed by atoms with Crippen LogP contribution in [0.1, 0.15) is 11.1 Å². The molecule has 1 aliphatic rings. The molecule has 0 N–H and O–H groups in total. The van der Waals surface area contributed by atoms with Gasteiger partial charge in [0.2, 0.25) is 0 Å². The lowest BCUT2D eigenvalue weighted by atomic mass is 10.1. The van der Waals surface area contributed by atoms with Crippen LogP contribution in [0, 0.1) is 15.9 Å². The van der Waals surface area contributed by atoms with Gasteiger partial charge in [0.15, 0.2) is 12.5 Å². The van der Waals surface area contributed by atoms with E-state index in [9.17, 15) is 14.5 Å². The molecule has 0 spiro atoms. The lowest BCUT2D eigenvalue weighted by Gasteiger charge is -2.21. The van der Waals surface area contributed by atoms with Gasteiger partial charge in [0.25, 0.3) is 0 Å². The smallest absolute Gasteiger partial charge is 0.314 e. The molecule has 0 fully saturated rings. The van der Waals surface area contributed by atoms with Crippen molar-refractivity contribution in [3.8, 4) is 17.2 Å². The molecule has 0 bridgehead atoms. The molecular formula is C16H14FNO6. The quantitative estimate of drug-likeness (QED) is 0.617. The maximum absolute atomic E-state index is 13.7. The first-order valence-corrected chi connectivity index (χ1v) is 7.05. The normalized spacial score (nSPS) is 12.9. The average Bonchev–Trinajstić information content (AvgIpc) is 2.59. The maximum atomic E-state index is 13.7. The minimum Gasteiger partial charge on any atom is -0.496 e. The highest BCUT2D eigenvalue weighted by atomic mass is 19.1. The van der Waals surface area contributed by atoms with Crippen LogP contribution in [0.25, 0.3) is 0 Å². The number of nitro groups is 1. The Bertz CT molecular complexity index is 779. The predicted molar refractivity (Wildman–Crippen MR) is 80.7 cm³/mol. The average molecular weight is 335 g/mol. The zero-order chi connectivity index (χ0) is 17.1. The molecule has 24 heavy (non-hydrogen) atoms. The highest BCUT2D eigenvalue weighted by molar-refractivity contribution is 5.51. The van der Waals surface area contributed by atoms with E-state index in [0.717, 1.165) is 0 Å². The van der Waals surface area contributed by atoms with Gasteiger partial charge in [-0.15, -0.1) is 0 Å². The van der Waals surface area contributed by atoms with Crippen LogP contribution in [0.5, 0.6) is 17.2 Å². The van der Waals surface area contributed by atoms with E-state index in [1.807, 2.05) is 0 Å². The number of methoxy groups -OCH3 is 1. The second kappa shape index (κ2) is 6.71. The van der Waals surface area contributed by atoms with Crippen molar-refractivity contribution >= 4 is 5.69 Å². The number of nitrogens with zero attached hydrogens (tertiary/aromatic N) is 1. The van der Waals surface area contributed by atoms with E-state index in [0.29, 0.717) is 22.6 Å². The van der Waals surface area contributed by atoms with Gasteiger partial charge in [0.1, 0.15) is 23.9 Å². The Morgan fingerprint density at radius 3 is 2.92 bits per heavy atom. The highest BCUT2D eigenvalue weighted by Gasteiger charge is 2.20. The molecule has 1 heterocycles. The summed E-state index contributed by atoms with van der Waals surface area (Å²) < 4.78 is 34.7. The number of nitro benzene ring substituents is 1. The summed E-state index contributed by atoms with van der Waals surface area (Å²) in [6, 6.07) is 6.86. The summed E-state index contributed by atoms with van der Waals surface area (Å²) >= 11 is 0. The fourth-order valence-electron chi connectivity index (χ4n) is 2.41. The van der Waals surface area contributed by atoms with E-state index < -0.39 is 10.7 Å². The first-order valence-electron chi connectivity index (χ1n) is 7.05. The van der Waals surface area contributed by atoms with Crippen LogP contribution in [-0.2, 0) is 18.0 Å². The number of rotatable bonds is 5. The minimum absolute atomic E-state index is 0.0610. The van der Waals surface area contributed by atoms with Gasteiger partial charge in [-0.25, -0.2) is 4.39 Å². The summed E-state index contributed by atoms with van der Waals surface area (Å²) in [6.45, 7) is 0.227. The summed E-state index contributed by atoms with van der Waals surface area (Å²) in [6.07, 6.45) is 0. The molecule has 0 radical (unpaired) electrons. The number of benzene rings is 2. The Balaban J connectivity index is 1.86. The number of hydrogen-bond donors (Lipinski definition) is 0. The van der Waals surface area contributed by atoms with Crippen LogP contribution in [-0.4, -0.2) is 18.8 Å². The third-order valence-electron chi connectivity index (χ3n) is 3.50. The van der Waals surface area contributed by atoms with Crippen molar-refractivity contribution in [1.29, 1.82) is 0 Å². The Morgan fingerprint density at radius 2 is 2.17 bits per heavy atom. The fraction of sp³-hybridized carbons (Fsp3) is 0.250. The highest BCUT2D eigenvalue weighted by Crippen LogP contribution is 2.34. The summed E-state index contributed by atoms with van der Waals surface area (Å²) in [7, 11) is 1.41. The monoisotopic (exact) mass is 335 g/mol. The van der Waals surface area contributed by atoms with E-state index in [2.05, 4.69) is 0 Å². The van der Waals surface area contributed by atoms with Crippen molar-refractivity contribution in [1.82, 2.24) is 0 Å². The lowest BCUT2D eigenvalue weighted by molar-refractivity contribution is -0.386. The molecule has 7 nitrogen and oxygen atoms in total. The molecule has 2 aromatic rings. The van der Waals surface area contributed by atoms with E-state index in [1.165, 1.54) is 31.4 Å². The van der Waals surface area contributed by atoms with Crippen molar-refractivity contribution < 1.29 is 28.3 Å². The van der Waals surface area contributed by atoms with Gasteiger partial charge in [-0.3, -0.25) is 10.1 Å². The zero-order valence-corrected chi connectivity index (χ0v) is 12.8. The third kappa shape index (κ3) is 3.23. The Morgan fingerprint density at radius 1 is 1.33 bits per heavy atom. The molecule has 0 unspecified atom stereocenters. The SMILES string of the molecule is COc1ccc(OCc2cc(F)cc3c2OCOC3)c([N+](=O)[O-])c1. The molecule has 3 rings (SSSR count). The topological polar surface area (TPSA) is 80.1 Å². The molecule has 1 aliphatic heterocycles. The molecule has 0 amide bonds. The zero-order valence-electron chi connectivity index (χ0n) is 12.8. The first-order chi connectivity index (χ1) is 11.6. The second-order valence-corrected chi connectivity index (χ2v) is 5.04. The van der Waals surface area contributed by atoms with Gasteiger partial charge in [-0.05, 0) is 24.3 Å². The maximum Gasteiger partial charge on any atom is 0.314 e. The summed E-state index contributed by atoms with van der Waals surface area (Å²) in [4.78, 5) is 10.6. The molecule has 0 saturated carbocycles. The van der Waals surface area contributed by atoms with Crippen LogP contribution < -0.4 is 14.2 Å². The van der Waals surface area contributed by atoms with Gasteiger partial charge >= 0.3 is 5.69 Å². The molecule has 0 aliphatic carbocycles. The Kier molecular flexibility index (Phi) is 4.48. The molecule has 0 atom stereocenters. The number of halogens is 1. The second-order valence-electron chi connectivity index (χ2n) is 5.04. The standard InChI is InChI=1S/C16H14FNO6/c1-21-13-2-3-15(14(6-13)18(19)20)23-8-11-5-12(17)4-10-7-22-9-24-16(10)11/h2-6H,7-9H2,1H3. The number of ether oxygens (including phenoxy) is 4. The van der Waals surface area contributed by atoms with Crippen LogP contribution >= 0.6 is 0 Å². The summed E-state index contributed by atoms with van der Waals surface area (Å²) in [5.41, 5.74) is 0.798. The van der Waals surface area contributed by atoms with Crippen LogP contribution in [0.4, 0.5) is 10.1 Å². The van der Waals surface area contributed by atoms with Crippen molar-refractivity contribution in [2.45, 2.75) is 13.2 Å². The molecule has 126 valence electrons. The van der Waals surface area contributed by atoms with E-state index in [-0.39, 0.29) is 31.4 Å². The largest absolute Gasteiger partial charge is 0.496 e. The summed E-state index contributed by atoms with van der Waals surface area (Å²) in [5, 5.41) is 11.2. The van der Waals surface area contributed by atoms with Crippen LogP contribution in [0.3, 0.4) is 0 Å². The van der Waals surface area contributed by atoms with Crippen LogP contribution in [0.2, 0.25) is 0 Å². The third-order valence-corrected chi connectivity index (χ3v) is 3.50. The lowest BCUT2D eigenvalue weighted by Crippen LogP contribution is -2.14.